The summed E-state index contributed by atoms with van der Waals surface area (Å²) in [5.41, 5.74) is 4.89. The van der Waals surface area contributed by atoms with Gasteiger partial charge in [0.05, 0.1) is 5.57 Å². The summed E-state index contributed by atoms with van der Waals surface area (Å²) >= 11 is 0. The van der Waals surface area contributed by atoms with E-state index < -0.39 is 0 Å². The molecule has 124 valence electrons. The molecule has 2 heterocycles. The standard InChI is InChI=1S/C18H31N3O/c1-18(2)12-16(19-21-10-6-7-11-21)15(17(22)13-18)14-20-8-4-3-5-9-20/h19H,3-14H2,1-2H3/p+1. The van der Waals surface area contributed by atoms with Crippen molar-refractivity contribution in [1.29, 1.82) is 0 Å². The molecule has 1 aliphatic carbocycles. The third-order valence-electron chi connectivity index (χ3n) is 5.34. The van der Waals surface area contributed by atoms with Gasteiger partial charge in [0.1, 0.15) is 5.70 Å². The molecule has 0 aromatic heterocycles. The molecular weight excluding hydrogens is 274 g/mol. The Labute approximate surface area is 134 Å². The molecule has 0 atom stereocenters. The Kier molecular flexibility index (Phi) is 5.00. The fourth-order valence-electron chi connectivity index (χ4n) is 4.15. The summed E-state index contributed by atoms with van der Waals surface area (Å²) in [4.78, 5) is 15.2. The first-order valence-electron chi connectivity index (χ1n) is 9.10. The van der Waals surface area contributed by atoms with Crippen LogP contribution in [-0.4, -0.2) is 48.4 Å². The monoisotopic (exact) mass is 306 g/mol. The number of carbonyl (C=O) groups excluding carboxylic acids is 1. The predicted molar refractivity (Wildman–Crippen MR) is 88.1 cm³/mol. The number of hydrogen-bond donors (Lipinski definition) is 1. The topological polar surface area (TPSA) is 40.2 Å². The Hall–Kier alpha value is -0.710. The number of ketones is 1. The molecule has 0 radical (unpaired) electrons. The fraction of sp³-hybridized carbons (Fsp3) is 0.833. The lowest BCUT2D eigenvalue weighted by Crippen LogP contribution is -2.92. The van der Waals surface area contributed by atoms with E-state index in [2.05, 4.69) is 29.2 Å². The lowest BCUT2D eigenvalue weighted by molar-refractivity contribution is -0.765. The van der Waals surface area contributed by atoms with Crippen LogP contribution in [-0.2, 0) is 4.79 Å². The molecule has 4 heteroatoms. The second-order valence-electron chi connectivity index (χ2n) is 8.15. The van der Waals surface area contributed by atoms with Crippen LogP contribution in [0.15, 0.2) is 11.3 Å². The van der Waals surface area contributed by atoms with Crippen molar-refractivity contribution in [1.82, 2.24) is 9.91 Å². The smallest absolute Gasteiger partial charge is 0.166 e. The van der Waals surface area contributed by atoms with Crippen LogP contribution in [0.3, 0.4) is 0 Å². The number of Topliss-reactive ketones (excluding diaryl/α,β-unsaturated/α-hetero) is 1. The molecule has 0 aromatic rings. The average molecular weight is 306 g/mol. The Morgan fingerprint density at radius 2 is 1.59 bits per heavy atom. The summed E-state index contributed by atoms with van der Waals surface area (Å²) in [7, 11) is 0. The Morgan fingerprint density at radius 3 is 2.27 bits per heavy atom. The molecule has 4 nitrogen and oxygen atoms in total. The van der Waals surface area contributed by atoms with E-state index in [9.17, 15) is 4.79 Å². The Balaban J connectivity index is 1.77. The van der Waals surface area contributed by atoms with Gasteiger partial charge in [0.25, 0.3) is 0 Å². The van der Waals surface area contributed by atoms with Crippen molar-refractivity contribution in [2.45, 2.75) is 58.8 Å². The molecule has 2 aliphatic heterocycles. The molecule has 22 heavy (non-hydrogen) atoms. The minimum Gasteiger partial charge on any atom is -0.299 e. The molecule has 2 N–H and O–H groups in total. The third-order valence-corrected chi connectivity index (χ3v) is 5.34. The highest BCUT2D eigenvalue weighted by Gasteiger charge is 2.37. The maximum atomic E-state index is 12.7. The molecule has 0 bridgehead atoms. The van der Waals surface area contributed by atoms with Crippen LogP contribution in [0.5, 0.6) is 0 Å². The zero-order valence-corrected chi connectivity index (χ0v) is 14.4. The zero-order valence-electron chi connectivity index (χ0n) is 14.4. The molecule has 3 aliphatic rings. The molecule has 2 saturated heterocycles. The molecule has 0 unspecified atom stereocenters. The van der Waals surface area contributed by atoms with E-state index in [-0.39, 0.29) is 5.41 Å². The van der Waals surface area contributed by atoms with E-state index in [0.717, 1.165) is 44.7 Å². The Morgan fingerprint density at radius 1 is 0.955 bits per heavy atom. The van der Waals surface area contributed by atoms with Gasteiger partial charge in [-0.05, 0) is 44.2 Å². The normalized spacial score (nSPS) is 27.6. The van der Waals surface area contributed by atoms with Crippen molar-refractivity contribution >= 4 is 5.78 Å². The number of likely N-dealkylation sites (tertiary alicyclic amines) is 1. The SMILES string of the molecule is CC1(C)CC(=O)C(CN2CCCCC2)=C([NH2+]N2CCCC2)C1. The number of nitrogens with two attached hydrogens (primary N) is 1. The second-order valence-corrected chi connectivity index (χ2v) is 8.15. The minimum absolute atomic E-state index is 0.119. The number of nitrogens with zero attached hydrogens (tertiary/aromatic N) is 2. The highest BCUT2D eigenvalue weighted by atomic mass is 16.1. The lowest BCUT2D eigenvalue weighted by atomic mass is 9.75. The summed E-state index contributed by atoms with van der Waals surface area (Å²) in [6.07, 6.45) is 8.29. The molecule has 0 amide bonds. The first-order chi connectivity index (χ1) is 10.5. The molecule has 0 spiro atoms. The van der Waals surface area contributed by atoms with Gasteiger partial charge >= 0.3 is 0 Å². The van der Waals surface area contributed by atoms with Gasteiger partial charge in [-0.3, -0.25) is 9.69 Å². The number of quaternary nitrogens is 1. The average Bonchev–Trinajstić information content (AvgIpc) is 2.96. The maximum Gasteiger partial charge on any atom is 0.166 e. The van der Waals surface area contributed by atoms with Crippen LogP contribution < -0.4 is 5.43 Å². The summed E-state index contributed by atoms with van der Waals surface area (Å²) in [6.45, 7) is 10.0. The molecule has 2 fully saturated rings. The highest BCUT2D eigenvalue weighted by Crippen LogP contribution is 2.35. The number of hydrogen-bond acceptors (Lipinski definition) is 3. The highest BCUT2D eigenvalue weighted by molar-refractivity contribution is 5.97. The van der Waals surface area contributed by atoms with E-state index in [1.165, 1.54) is 37.8 Å². The predicted octanol–water partition coefficient (Wildman–Crippen LogP) is 1.69. The van der Waals surface area contributed by atoms with Gasteiger partial charge in [0.2, 0.25) is 0 Å². The largest absolute Gasteiger partial charge is 0.299 e. The van der Waals surface area contributed by atoms with E-state index in [1.807, 2.05) is 0 Å². The minimum atomic E-state index is 0.119. The van der Waals surface area contributed by atoms with Gasteiger partial charge in [0, 0.05) is 32.5 Å². The fourth-order valence-corrected chi connectivity index (χ4v) is 4.15. The lowest BCUT2D eigenvalue weighted by Gasteiger charge is -2.34. The van der Waals surface area contributed by atoms with Crippen molar-refractivity contribution in [2.75, 3.05) is 32.7 Å². The van der Waals surface area contributed by atoms with Crippen molar-refractivity contribution < 1.29 is 10.2 Å². The maximum absolute atomic E-state index is 12.7. The number of carbonyl (C=O) groups is 1. The van der Waals surface area contributed by atoms with Gasteiger partial charge in [0.15, 0.2) is 5.78 Å². The second kappa shape index (κ2) is 6.81. The van der Waals surface area contributed by atoms with E-state index in [0.29, 0.717) is 12.2 Å². The van der Waals surface area contributed by atoms with Crippen LogP contribution >= 0.6 is 0 Å². The van der Waals surface area contributed by atoms with Crippen molar-refractivity contribution in [3.8, 4) is 0 Å². The zero-order chi connectivity index (χ0) is 15.6. The number of allylic oxidation sites excluding steroid dienone is 1. The van der Waals surface area contributed by atoms with Crippen LogP contribution in [0, 0.1) is 5.41 Å². The molecular formula is C18H32N3O+. The first-order valence-corrected chi connectivity index (χ1v) is 9.10. The quantitative estimate of drug-likeness (QED) is 0.804. The van der Waals surface area contributed by atoms with Crippen molar-refractivity contribution in [3.05, 3.63) is 11.3 Å². The van der Waals surface area contributed by atoms with Gasteiger partial charge < -0.3 is 0 Å². The summed E-state index contributed by atoms with van der Waals surface area (Å²) in [6, 6.07) is 0. The molecule has 3 rings (SSSR count). The van der Waals surface area contributed by atoms with Gasteiger partial charge in [-0.1, -0.05) is 20.3 Å². The Bertz CT molecular complexity index is 443. The first kappa shape index (κ1) is 16.2. The molecule has 0 saturated carbocycles. The van der Waals surface area contributed by atoms with E-state index >= 15 is 0 Å². The van der Waals surface area contributed by atoms with Gasteiger partial charge in [-0.2, -0.15) is 5.01 Å². The summed E-state index contributed by atoms with van der Waals surface area (Å²) in [5.74, 6) is 0.396. The third kappa shape index (κ3) is 3.98. The van der Waals surface area contributed by atoms with E-state index in [1.54, 1.807) is 0 Å². The van der Waals surface area contributed by atoms with E-state index in [4.69, 9.17) is 0 Å². The van der Waals surface area contributed by atoms with Gasteiger partial charge in [-0.15, -0.1) is 0 Å². The van der Waals surface area contributed by atoms with Crippen LogP contribution in [0.4, 0.5) is 0 Å². The van der Waals surface area contributed by atoms with Crippen LogP contribution in [0.2, 0.25) is 0 Å². The van der Waals surface area contributed by atoms with Crippen LogP contribution in [0.25, 0.3) is 0 Å². The van der Waals surface area contributed by atoms with Crippen LogP contribution in [0.1, 0.15) is 58.8 Å². The summed E-state index contributed by atoms with van der Waals surface area (Å²) < 4.78 is 0. The van der Waals surface area contributed by atoms with Gasteiger partial charge in [-0.25, -0.2) is 5.43 Å². The number of rotatable bonds is 4. The summed E-state index contributed by atoms with van der Waals surface area (Å²) in [5, 5.41) is 2.43. The van der Waals surface area contributed by atoms with Crippen molar-refractivity contribution in [2.24, 2.45) is 5.41 Å². The van der Waals surface area contributed by atoms with Crippen molar-refractivity contribution in [3.63, 3.8) is 0 Å². The molecule has 0 aromatic carbocycles. The number of piperidine rings is 1.